The number of hydrogen-bond acceptors (Lipinski definition) is 4. The van der Waals surface area contributed by atoms with Crippen LogP contribution in [-0.2, 0) is 14.8 Å². The van der Waals surface area contributed by atoms with Gasteiger partial charge in [0.1, 0.15) is 0 Å². The third-order valence-electron chi connectivity index (χ3n) is 6.32. The van der Waals surface area contributed by atoms with Crippen LogP contribution in [-0.4, -0.2) is 54.7 Å². The van der Waals surface area contributed by atoms with E-state index in [4.69, 9.17) is 0 Å². The molecule has 0 radical (unpaired) electrons. The van der Waals surface area contributed by atoms with Crippen molar-refractivity contribution in [2.75, 3.05) is 26.2 Å². The smallest absolute Gasteiger partial charge is 0.248 e. The minimum atomic E-state index is -3.64. The molecule has 30 heavy (non-hydrogen) atoms. The largest absolute Gasteiger partial charge is 0.342 e. The van der Waals surface area contributed by atoms with E-state index in [1.807, 2.05) is 4.90 Å². The van der Waals surface area contributed by atoms with Crippen molar-refractivity contribution >= 4 is 26.8 Å². The molecule has 2 aliphatic rings. The molecule has 4 rings (SSSR count). The van der Waals surface area contributed by atoms with Crippen LogP contribution in [0.25, 0.3) is 10.9 Å². The van der Waals surface area contributed by atoms with Crippen molar-refractivity contribution < 1.29 is 13.2 Å². The van der Waals surface area contributed by atoms with Crippen molar-refractivity contribution in [2.45, 2.75) is 38.0 Å². The van der Waals surface area contributed by atoms with Gasteiger partial charge in [-0.2, -0.15) is 4.31 Å². The third-order valence-corrected chi connectivity index (χ3v) is 8.21. The second-order valence-corrected chi connectivity index (χ2v) is 10.9. The number of aromatic amines is 1. The van der Waals surface area contributed by atoms with E-state index in [1.165, 1.54) is 16.4 Å². The van der Waals surface area contributed by atoms with Crippen molar-refractivity contribution in [3.05, 3.63) is 40.7 Å². The normalized spacial score (nSPS) is 24.3. The molecule has 0 spiro atoms. The summed E-state index contributed by atoms with van der Waals surface area (Å²) in [7, 11) is -3.64. The number of sulfonamides is 1. The summed E-state index contributed by atoms with van der Waals surface area (Å²) in [6, 6.07) is 7.76. The second-order valence-electron chi connectivity index (χ2n) is 8.94. The van der Waals surface area contributed by atoms with Gasteiger partial charge in [0.15, 0.2) is 0 Å². The van der Waals surface area contributed by atoms with E-state index in [-0.39, 0.29) is 22.3 Å². The van der Waals surface area contributed by atoms with Crippen LogP contribution in [0.1, 0.15) is 33.1 Å². The summed E-state index contributed by atoms with van der Waals surface area (Å²) in [5, 5.41) is 0.675. The number of fused-ring (bicyclic) bond motifs is 1. The summed E-state index contributed by atoms with van der Waals surface area (Å²) < 4.78 is 27.7. The van der Waals surface area contributed by atoms with Crippen molar-refractivity contribution in [1.82, 2.24) is 14.2 Å². The third kappa shape index (κ3) is 4.16. The molecule has 7 nitrogen and oxygen atoms in total. The minimum Gasteiger partial charge on any atom is -0.342 e. The van der Waals surface area contributed by atoms with E-state index in [0.29, 0.717) is 48.7 Å². The highest BCUT2D eigenvalue weighted by Gasteiger charge is 2.35. The maximum Gasteiger partial charge on any atom is 0.248 e. The molecule has 1 N–H and O–H groups in total. The number of carbonyl (C=O) groups is 1. The lowest BCUT2D eigenvalue weighted by atomic mass is 9.89. The van der Waals surface area contributed by atoms with Crippen LogP contribution in [0.5, 0.6) is 0 Å². The Kier molecular flexibility index (Phi) is 5.72. The lowest BCUT2D eigenvalue weighted by molar-refractivity contribution is -0.139. The summed E-state index contributed by atoms with van der Waals surface area (Å²) in [6.07, 6.45) is 2.26. The molecular weight excluding hydrogens is 402 g/mol. The number of H-pyrrole nitrogens is 1. The molecule has 2 atom stereocenters. The standard InChI is InChI=1S/C22H29N3O4S/c1-15-11-16(2)14-24(13-15)22(27)17-7-9-25(10-8-17)30(28,29)19-4-5-20-18(12-19)3-6-21(26)23-20/h3-6,12,15-17H,7-11,13-14H2,1-2H3,(H,23,26). The molecular formula is C22H29N3O4S. The molecule has 0 aliphatic carbocycles. The number of nitrogens with zero attached hydrogens (tertiary/aromatic N) is 2. The Morgan fingerprint density at radius 3 is 2.37 bits per heavy atom. The highest BCUT2D eigenvalue weighted by Crippen LogP contribution is 2.29. The average Bonchev–Trinajstić information content (AvgIpc) is 2.72. The molecule has 1 aromatic carbocycles. The summed E-state index contributed by atoms with van der Waals surface area (Å²) in [6.45, 7) is 6.68. The zero-order valence-corrected chi connectivity index (χ0v) is 18.3. The van der Waals surface area contributed by atoms with Crippen LogP contribution < -0.4 is 5.56 Å². The predicted octanol–water partition coefficient (Wildman–Crippen LogP) is 2.43. The Labute approximate surface area is 177 Å². The minimum absolute atomic E-state index is 0.101. The van der Waals surface area contributed by atoms with Crippen LogP contribution in [0.3, 0.4) is 0 Å². The Hall–Kier alpha value is -2.19. The summed E-state index contributed by atoms with van der Waals surface area (Å²) in [5.41, 5.74) is 0.387. The highest BCUT2D eigenvalue weighted by atomic mass is 32.2. The molecule has 2 aliphatic heterocycles. The van der Waals surface area contributed by atoms with Gasteiger partial charge in [-0.25, -0.2) is 8.42 Å². The van der Waals surface area contributed by atoms with E-state index in [2.05, 4.69) is 18.8 Å². The molecule has 3 heterocycles. The van der Waals surface area contributed by atoms with Crippen molar-refractivity contribution in [3.63, 3.8) is 0 Å². The zero-order chi connectivity index (χ0) is 21.5. The molecule has 2 unspecified atom stereocenters. The van der Waals surface area contributed by atoms with E-state index in [1.54, 1.807) is 18.2 Å². The Morgan fingerprint density at radius 2 is 1.70 bits per heavy atom. The van der Waals surface area contributed by atoms with Crippen LogP contribution in [0.4, 0.5) is 0 Å². The predicted molar refractivity (Wildman–Crippen MR) is 116 cm³/mol. The van der Waals surface area contributed by atoms with Gasteiger partial charge in [0.05, 0.1) is 4.90 Å². The summed E-state index contributed by atoms with van der Waals surface area (Å²) in [4.78, 5) is 29.3. The molecule has 0 saturated carbocycles. The lowest BCUT2D eigenvalue weighted by Crippen LogP contribution is -2.48. The van der Waals surface area contributed by atoms with Crippen LogP contribution in [0.2, 0.25) is 0 Å². The number of aromatic nitrogens is 1. The molecule has 0 bridgehead atoms. The summed E-state index contributed by atoms with van der Waals surface area (Å²) >= 11 is 0. The number of likely N-dealkylation sites (tertiary alicyclic amines) is 1. The number of rotatable bonds is 3. The molecule has 1 amide bonds. The second kappa shape index (κ2) is 8.15. The summed E-state index contributed by atoms with van der Waals surface area (Å²) in [5.74, 6) is 1.11. The molecule has 2 saturated heterocycles. The molecule has 2 fully saturated rings. The van der Waals surface area contributed by atoms with Gasteiger partial charge in [-0.05, 0) is 60.7 Å². The number of amides is 1. The topological polar surface area (TPSA) is 90.6 Å². The Bertz CT molecular complexity index is 1090. The fourth-order valence-corrected chi connectivity index (χ4v) is 6.39. The van der Waals surface area contributed by atoms with Crippen molar-refractivity contribution in [2.24, 2.45) is 17.8 Å². The van der Waals surface area contributed by atoms with Gasteiger partial charge in [-0.3, -0.25) is 9.59 Å². The molecule has 162 valence electrons. The number of piperidine rings is 2. The van der Waals surface area contributed by atoms with Crippen LogP contribution in [0.15, 0.2) is 40.0 Å². The number of carbonyl (C=O) groups excluding carboxylic acids is 1. The van der Waals surface area contributed by atoms with E-state index >= 15 is 0 Å². The first-order valence-electron chi connectivity index (χ1n) is 10.7. The first-order valence-corrected chi connectivity index (χ1v) is 12.1. The zero-order valence-electron chi connectivity index (χ0n) is 17.5. The van der Waals surface area contributed by atoms with E-state index in [0.717, 1.165) is 19.5 Å². The number of hydrogen-bond donors (Lipinski definition) is 1. The van der Waals surface area contributed by atoms with Gasteiger partial charge in [-0.15, -0.1) is 0 Å². The first kappa shape index (κ1) is 21.1. The molecule has 1 aromatic heterocycles. The van der Waals surface area contributed by atoms with Crippen LogP contribution in [0, 0.1) is 17.8 Å². The van der Waals surface area contributed by atoms with Crippen molar-refractivity contribution in [1.29, 1.82) is 0 Å². The SMILES string of the molecule is CC1CC(C)CN(C(=O)C2CCN(S(=O)(=O)c3ccc4[nH]c(=O)ccc4c3)CC2)C1. The van der Waals surface area contributed by atoms with E-state index < -0.39 is 10.0 Å². The average molecular weight is 432 g/mol. The Balaban J connectivity index is 1.45. The number of pyridine rings is 1. The number of nitrogens with one attached hydrogen (secondary N) is 1. The molecule has 8 heteroatoms. The van der Waals surface area contributed by atoms with Gasteiger partial charge >= 0.3 is 0 Å². The highest BCUT2D eigenvalue weighted by molar-refractivity contribution is 7.89. The fraction of sp³-hybridized carbons (Fsp3) is 0.545. The van der Waals surface area contributed by atoms with Gasteiger partial charge in [0.25, 0.3) is 0 Å². The van der Waals surface area contributed by atoms with Crippen LogP contribution >= 0.6 is 0 Å². The first-order chi connectivity index (χ1) is 14.2. The van der Waals surface area contributed by atoms with E-state index in [9.17, 15) is 18.0 Å². The lowest BCUT2D eigenvalue weighted by Gasteiger charge is -2.39. The number of benzene rings is 1. The van der Waals surface area contributed by atoms with Gasteiger partial charge in [-0.1, -0.05) is 13.8 Å². The maximum absolute atomic E-state index is 13.1. The monoisotopic (exact) mass is 431 g/mol. The fourth-order valence-electron chi connectivity index (χ4n) is 4.89. The van der Waals surface area contributed by atoms with Crippen molar-refractivity contribution in [3.8, 4) is 0 Å². The molecule has 2 aromatic rings. The maximum atomic E-state index is 13.1. The quantitative estimate of drug-likeness (QED) is 0.808. The Morgan fingerprint density at radius 1 is 1.03 bits per heavy atom. The van der Waals surface area contributed by atoms with Gasteiger partial charge in [0.2, 0.25) is 21.5 Å². The van der Waals surface area contributed by atoms with Gasteiger partial charge < -0.3 is 9.88 Å². The van der Waals surface area contributed by atoms with Gasteiger partial charge in [0, 0.05) is 43.7 Å².